The van der Waals surface area contributed by atoms with E-state index in [2.05, 4.69) is 38.6 Å². The monoisotopic (exact) mass is 261 g/mol. The highest BCUT2D eigenvalue weighted by atomic mass is 32.1. The highest BCUT2D eigenvalue weighted by molar-refractivity contribution is 7.08. The molecule has 3 nitrogen and oxygen atoms in total. The number of nitrogens with zero attached hydrogens (tertiary/aromatic N) is 2. The van der Waals surface area contributed by atoms with Crippen molar-refractivity contribution in [3.05, 3.63) is 29.4 Å². The van der Waals surface area contributed by atoms with E-state index < -0.39 is 0 Å². The van der Waals surface area contributed by atoms with Gasteiger partial charge in [0.15, 0.2) is 0 Å². The van der Waals surface area contributed by atoms with Crippen LogP contribution in [0.25, 0.3) is 11.3 Å². The second-order valence-corrected chi connectivity index (χ2v) is 6.29. The van der Waals surface area contributed by atoms with Crippen molar-refractivity contribution in [1.29, 1.82) is 0 Å². The zero-order valence-corrected chi connectivity index (χ0v) is 11.5. The van der Waals surface area contributed by atoms with Crippen molar-refractivity contribution in [3.63, 3.8) is 0 Å². The molecule has 2 aromatic heterocycles. The summed E-state index contributed by atoms with van der Waals surface area (Å²) < 4.78 is 2.30. The third kappa shape index (κ3) is 2.35. The van der Waals surface area contributed by atoms with E-state index in [1.807, 2.05) is 12.5 Å². The Morgan fingerprint density at radius 3 is 3.22 bits per heavy atom. The molecule has 0 radical (unpaired) electrons. The molecule has 0 saturated carbocycles. The standard InChI is InChI=1S/C14H19N3S/c1-14(4-2-5-15-9-14)10-17-11-16-7-13(17)12-3-6-18-8-12/h3,6-8,11,15H,2,4-5,9-10H2,1H3. The molecule has 0 spiro atoms. The molecule has 0 bridgehead atoms. The van der Waals surface area contributed by atoms with Crippen molar-refractivity contribution >= 4 is 11.3 Å². The molecule has 1 saturated heterocycles. The third-order valence-electron chi connectivity index (χ3n) is 3.77. The second-order valence-electron chi connectivity index (χ2n) is 5.51. The van der Waals surface area contributed by atoms with Gasteiger partial charge in [0.05, 0.1) is 18.2 Å². The second kappa shape index (κ2) is 4.86. The lowest BCUT2D eigenvalue weighted by atomic mass is 9.82. The van der Waals surface area contributed by atoms with E-state index in [-0.39, 0.29) is 0 Å². The molecule has 0 aromatic carbocycles. The fraction of sp³-hybridized carbons (Fsp3) is 0.500. The predicted molar refractivity (Wildman–Crippen MR) is 75.8 cm³/mol. The summed E-state index contributed by atoms with van der Waals surface area (Å²) in [4.78, 5) is 4.32. The molecule has 96 valence electrons. The lowest BCUT2D eigenvalue weighted by Crippen LogP contribution is -2.40. The molecule has 1 unspecified atom stereocenters. The van der Waals surface area contributed by atoms with Crippen molar-refractivity contribution in [2.75, 3.05) is 13.1 Å². The third-order valence-corrected chi connectivity index (χ3v) is 4.45. The number of piperidine rings is 1. The number of nitrogens with one attached hydrogen (secondary N) is 1. The van der Waals surface area contributed by atoms with Gasteiger partial charge >= 0.3 is 0 Å². The number of aromatic nitrogens is 2. The van der Waals surface area contributed by atoms with Gasteiger partial charge < -0.3 is 9.88 Å². The molecule has 1 N–H and O–H groups in total. The summed E-state index contributed by atoms with van der Waals surface area (Å²) in [6.45, 7) is 5.69. The van der Waals surface area contributed by atoms with Crippen LogP contribution in [0.5, 0.6) is 0 Å². The molecule has 1 fully saturated rings. The highest BCUT2D eigenvalue weighted by Gasteiger charge is 2.27. The van der Waals surface area contributed by atoms with Gasteiger partial charge in [-0.05, 0) is 36.2 Å². The minimum absolute atomic E-state index is 0.351. The van der Waals surface area contributed by atoms with Crippen LogP contribution < -0.4 is 5.32 Å². The summed E-state index contributed by atoms with van der Waals surface area (Å²) >= 11 is 1.74. The predicted octanol–water partition coefficient (Wildman–Crippen LogP) is 3.00. The maximum Gasteiger partial charge on any atom is 0.0951 e. The summed E-state index contributed by atoms with van der Waals surface area (Å²) in [6.07, 6.45) is 6.51. The van der Waals surface area contributed by atoms with Gasteiger partial charge in [-0.3, -0.25) is 0 Å². The van der Waals surface area contributed by atoms with Gasteiger partial charge in [0.25, 0.3) is 0 Å². The molecule has 1 aliphatic rings. The van der Waals surface area contributed by atoms with E-state index in [0.29, 0.717) is 5.41 Å². The van der Waals surface area contributed by atoms with Crippen LogP contribution in [0.2, 0.25) is 0 Å². The van der Waals surface area contributed by atoms with Gasteiger partial charge in [-0.2, -0.15) is 11.3 Å². The minimum Gasteiger partial charge on any atom is -0.330 e. The van der Waals surface area contributed by atoms with Crippen molar-refractivity contribution in [3.8, 4) is 11.3 Å². The smallest absolute Gasteiger partial charge is 0.0951 e. The molecule has 0 amide bonds. The van der Waals surface area contributed by atoms with E-state index in [0.717, 1.165) is 19.6 Å². The van der Waals surface area contributed by atoms with E-state index in [1.165, 1.54) is 24.1 Å². The quantitative estimate of drug-likeness (QED) is 0.920. The van der Waals surface area contributed by atoms with Crippen LogP contribution in [0, 0.1) is 5.41 Å². The average Bonchev–Trinajstić information content (AvgIpc) is 2.99. The van der Waals surface area contributed by atoms with E-state index in [1.54, 1.807) is 11.3 Å². The Morgan fingerprint density at radius 2 is 2.50 bits per heavy atom. The Kier molecular flexibility index (Phi) is 3.22. The Morgan fingerprint density at radius 1 is 1.56 bits per heavy atom. The van der Waals surface area contributed by atoms with Crippen LogP contribution >= 0.6 is 11.3 Å². The molecule has 2 aromatic rings. The minimum atomic E-state index is 0.351. The maximum atomic E-state index is 4.32. The summed E-state index contributed by atoms with van der Waals surface area (Å²) in [6, 6.07) is 2.17. The van der Waals surface area contributed by atoms with E-state index >= 15 is 0 Å². The Bertz CT molecular complexity index is 495. The molecule has 1 atom stereocenters. The first kappa shape index (κ1) is 11.9. The van der Waals surface area contributed by atoms with Crippen molar-refractivity contribution in [2.45, 2.75) is 26.3 Å². The molecular formula is C14H19N3S. The Labute approximate surface area is 112 Å². The van der Waals surface area contributed by atoms with Gasteiger partial charge in [-0.15, -0.1) is 0 Å². The molecule has 4 heteroatoms. The Hall–Kier alpha value is -1.13. The molecule has 3 rings (SSSR count). The van der Waals surface area contributed by atoms with Crippen LogP contribution in [0.4, 0.5) is 0 Å². The summed E-state index contributed by atoms with van der Waals surface area (Å²) in [7, 11) is 0. The molecule has 1 aliphatic heterocycles. The zero-order valence-electron chi connectivity index (χ0n) is 10.7. The topological polar surface area (TPSA) is 29.9 Å². The SMILES string of the molecule is CC1(Cn2cncc2-c2ccsc2)CCCNC1. The van der Waals surface area contributed by atoms with Gasteiger partial charge in [-0.25, -0.2) is 4.98 Å². The highest BCUT2D eigenvalue weighted by Crippen LogP contribution is 2.30. The van der Waals surface area contributed by atoms with Crippen LogP contribution in [-0.2, 0) is 6.54 Å². The number of thiophene rings is 1. The number of imidazole rings is 1. The largest absolute Gasteiger partial charge is 0.330 e. The first-order chi connectivity index (χ1) is 8.77. The van der Waals surface area contributed by atoms with Crippen LogP contribution in [-0.4, -0.2) is 22.6 Å². The first-order valence-electron chi connectivity index (χ1n) is 6.50. The van der Waals surface area contributed by atoms with Crippen molar-refractivity contribution in [1.82, 2.24) is 14.9 Å². The zero-order chi connectivity index (χ0) is 12.4. The van der Waals surface area contributed by atoms with E-state index in [9.17, 15) is 0 Å². The normalized spacial score (nSPS) is 24.3. The van der Waals surface area contributed by atoms with Gasteiger partial charge in [0.2, 0.25) is 0 Å². The summed E-state index contributed by atoms with van der Waals surface area (Å²) in [5.74, 6) is 0. The van der Waals surface area contributed by atoms with Crippen LogP contribution in [0.3, 0.4) is 0 Å². The van der Waals surface area contributed by atoms with Gasteiger partial charge in [0.1, 0.15) is 0 Å². The van der Waals surface area contributed by atoms with Crippen molar-refractivity contribution in [2.24, 2.45) is 5.41 Å². The Balaban J connectivity index is 1.83. The van der Waals surface area contributed by atoms with Crippen LogP contribution in [0.15, 0.2) is 29.4 Å². The van der Waals surface area contributed by atoms with Gasteiger partial charge in [0, 0.05) is 24.0 Å². The summed E-state index contributed by atoms with van der Waals surface area (Å²) in [5.41, 5.74) is 2.87. The fourth-order valence-electron chi connectivity index (χ4n) is 2.76. The molecule has 0 aliphatic carbocycles. The number of rotatable bonds is 3. The van der Waals surface area contributed by atoms with Crippen molar-refractivity contribution < 1.29 is 0 Å². The summed E-state index contributed by atoms with van der Waals surface area (Å²) in [5, 5.41) is 7.82. The lowest BCUT2D eigenvalue weighted by molar-refractivity contribution is 0.202. The number of hydrogen-bond acceptors (Lipinski definition) is 3. The lowest BCUT2D eigenvalue weighted by Gasteiger charge is -2.34. The molecule has 3 heterocycles. The molecular weight excluding hydrogens is 242 g/mol. The number of hydrogen-bond donors (Lipinski definition) is 1. The van der Waals surface area contributed by atoms with E-state index in [4.69, 9.17) is 0 Å². The average molecular weight is 261 g/mol. The van der Waals surface area contributed by atoms with Crippen LogP contribution in [0.1, 0.15) is 19.8 Å². The molecule has 18 heavy (non-hydrogen) atoms. The first-order valence-corrected chi connectivity index (χ1v) is 7.45. The fourth-order valence-corrected chi connectivity index (χ4v) is 3.41. The maximum absolute atomic E-state index is 4.32. The van der Waals surface area contributed by atoms with Gasteiger partial charge in [-0.1, -0.05) is 6.92 Å².